The zero-order chi connectivity index (χ0) is 16.5. The Labute approximate surface area is 144 Å². The Morgan fingerprint density at radius 1 is 1.25 bits per heavy atom. The molecule has 1 radical (unpaired) electrons. The van der Waals surface area contributed by atoms with Crippen LogP contribution in [0, 0.1) is 11.9 Å². The lowest BCUT2D eigenvalue weighted by Gasteiger charge is -2.33. The quantitative estimate of drug-likeness (QED) is 0.694. The zero-order valence-electron chi connectivity index (χ0n) is 13.5. The standard InChI is InChI=1S/C19H18FN2OS/c1-23-16-4-2-3-15(12-16)22-9-7-13(8-10-22)19-17-6-5-14(20)11-18(17)24-21-19/h2,4-6,11-13H,7-10H2,1H3. The molecule has 0 aliphatic carbocycles. The van der Waals surface area contributed by atoms with Crippen LogP contribution in [0.15, 0.2) is 36.4 Å². The lowest BCUT2D eigenvalue weighted by molar-refractivity contribution is 0.414. The first kappa shape index (κ1) is 15.4. The van der Waals surface area contributed by atoms with Crippen molar-refractivity contribution >= 4 is 27.3 Å². The first-order chi connectivity index (χ1) is 11.7. The summed E-state index contributed by atoms with van der Waals surface area (Å²) < 4.78 is 24.2. The summed E-state index contributed by atoms with van der Waals surface area (Å²) in [5.41, 5.74) is 2.21. The Kier molecular flexibility index (Phi) is 4.10. The number of benzene rings is 2. The van der Waals surface area contributed by atoms with Gasteiger partial charge in [0.1, 0.15) is 11.6 Å². The molecule has 1 aromatic heterocycles. The molecule has 0 spiro atoms. The van der Waals surface area contributed by atoms with E-state index in [0.717, 1.165) is 53.1 Å². The molecule has 123 valence electrons. The Hall–Kier alpha value is -2.14. The monoisotopic (exact) mass is 341 g/mol. The molecule has 24 heavy (non-hydrogen) atoms. The minimum absolute atomic E-state index is 0.193. The fraction of sp³-hybridized carbons (Fsp3) is 0.316. The molecule has 0 saturated carbocycles. The molecule has 1 aliphatic heterocycles. The van der Waals surface area contributed by atoms with Crippen molar-refractivity contribution in [1.82, 2.24) is 4.37 Å². The first-order valence-corrected chi connectivity index (χ1v) is 8.87. The number of piperidine rings is 1. The molecule has 0 N–H and O–H groups in total. The predicted molar refractivity (Wildman–Crippen MR) is 95.6 cm³/mol. The fourth-order valence-corrected chi connectivity index (χ4v) is 4.24. The highest BCUT2D eigenvalue weighted by molar-refractivity contribution is 7.13. The van der Waals surface area contributed by atoms with Crippen molar-refractivity contribution in [3.05, 3.63) is 54.0 Å². The normalized spacial score (nSPS) is 15.8. The maximum absolute atomic E-state index is 13.3. The van der Waals surface area contributed by atoms with E-state index in [-0.39, 0.29) is 5.82 Å². The highest BCUT2D eigenvalue weighted by Crippen LogP contribution is 2.36. The van der Waals surface area contributed by atoms with Gasteiger partial charge in [0.05, 0.1) is 17.5 Å². The van der Waals surface area contributed by atoms with Crippen LogP contribution in [-0.4, -0.2) is 24.6 Å². The topological polar surface area (TPSA) is 25.4 Å². The lowest BCUT2D eigenvalue weighted by Crippen LogP contribution is -2.33. The second-order valence-electron chi connectivity index (χ2n) is 6.08. The van der Waals surface area contributed by atoms with Crippen LogP contribution in [-0.2, 0) is 0 Å². The van der Waals surface area contributed by atoms with Gasteiger partial charge in [0.2, 0.25) is 0 Å². The van der Waals surface area contributed by atoms with E-state index in [4.69, 9.17) is 4.74 Å². The molecule has 0 amide bonds. The number of ether oxygens (including phenoxy) is 1. The van der Waals surface area contributed by atoms with Gasteiger partial charge in [-0.1, -0.05) is 0 Å². The third kappa shape index (κ3) is 2.84. The van der Waals surface area contributed by atoms with Crippen LogP contribution in [0.5, 0.6) is 5.75 Å². The summed E-state index contributed by atoms with van der Waals surface area (Å²) in [6.45, 7) is 1.93. The number of hydrogen-bond acceptors (Lipinski definition) is 4. The van der Waals surface area contributed by atoms with Crippen LogP contribution in [0.25, 0.3) is 10.1 Å². The molecule has 0 atom stereocenters. The molecule has 1 fully saturated rings. The number of anilines is 1. The summed E-state index contributed by atoms with van der Waals surface area (Å²) >= 11 is 1.40. The third-order valence-corrected chi connectivity index (χ3v) is 5.50. The number of halogens is 1. The van der Waals surface area contributed by atoms with Crippen molar-refractivity contribution in [2.45, 2.75) is 18.8 Å². The minimum atomic E-state index is -0.193. The van der Waals surface area contributed by atoms with E-state index in [0.29, 0.717) is 5.92 Å². The molecule has 0 unspecified atom stereocenters. The van der Waals surface area contributed by atoms with E-state index in [2.05, 4.69) is 15.3 Å². The van der Waals surface area contributed by atoms with Crippen molar-refractivity contribution in [3.63, 3.8) is 0 Å². The van der Waals surface area contributed by atoms with Gasteiger partial charge in [0.25, 0.3) is 0 Å². The van der Waals surface area contributed by atoms with Crippen molar-refractivity contribution in [2.75, 3.05) is 25.1 Å². The summed E-state index contributed by atoms with van der Waals surface area (Å²) in [5, 5.41) is 1.10. The molecule has 3 aromatic rings. The van der Waals surface area contributed by atoms with E-state index in [1.165, 1.54) is 17.6 Å². The molecule has 4 rings (SSSR count). The molecule has 2 aromatic carbocycles. The molecule has 1 aliphatic rings. The van der Waals surface area contributed by atoms with E-state index < -0.39 is 0 Å². The van der Waals surface area contributed by atoms with E-state index in [1.807, 2.05) is 24.3 Å². The van der Waals surface area contributed by atoms with Gasteiger partial charge < -0.3 is 9.64 Å². The smallest absolute Gasteiger partial charge is 0.124 e. The van der Waals surface area contributed by atoms with Crippen LogP contribution in [0.1, 0.15) is 24.5 Å². The summed E-state index contributed by atoms with van der Waals surface area (Å²) in [6.07, 6.45) is 2.09. The second-order valence-corrected chi connectivity index (χ2v) is 6.89. The number of fused-ring (bicyclic) bond motifs is 1. The molecular formula is C19H18FN2OS. The van der Waals surface area contributed by atoms with Crippen LogP contribution in [0.3, 0.4) is 0 Å². The summed E-state index contributed by atoms with van der Waals surface area (Å²) in [5.74, 6) is 1.10. The maximum atomic E-state index is 13.3. The van der Waals surface area contributed by atoms with Crippen molar-refractivity contribution in [3.8, 4) is 5.75 Å². The van der Waals surface area contributed by atoms with Gasteiger partial charge in [-0.05, 0) is 54.7 Å². The van der Waals surface area contributed by atoms with Gasteiger partial charge in [-0.15, -0.1) is 0 Å². The SMILES string of the molecule is COc1cc[c]c(N2CCC(c3nsc4cc(F)ccc34)CC2)c1. The van der Waals surface area contributed by atoms with Crippen LogP contribution in [0.4, 0.5) is 10.1 Å². The zero-order valence-corrected chi connectivity index (χ0v) is 14.3. The third-order valence-electron chi connectivity index (χ3n) is 4.68. The van der Waals surface area contributed by atoms with E-state index >= 15 is 0 Å². The number of rotatable bonds is 3. The van der Waals surface area contributed by atoms with Gasteiger partial charge >= 0.3 is 0 Å². The number of aromatic nitrogens is 1. The maximum Gasteiger partial charge on any atom is 0.124 e. The molecular weight excluding hydrogens is 323 g/mol. The van der Waals surface area contributed by atoms with E-state index in [1.54, 1.807) is 13.2 Å². The van der Waals surface area contributed by atoms with Crippen molar-refractivity contribution in [2.24, 2.45) is 0 Å². The lowest BCUT2D eigenvalue weighted by atomic mass is 9.91. The highest BCUT2D eigenvalue weighted by Gasteiger charge is 2.24. The second kappa shape index (κ2) is 6.40. The molecule has 0 bridgehead atoms. The van der Waals surface area contributed by atoms with Crippen LogP contribution in [0.2, 0.25) is 0 Å². The van der Waals surface area contributed by atoms with Crippen LogP contribution < -0.4 is 9.64 Å². The summed E-state index contributed by atoms with van der Waals surface area (Å²) in [7, 11) is 1.68. The predicted octanol–water partition coefficient (Wildman–Crippen LogP) is 4.63. The van der Waals surface area contributed by atoms with Gasteiger partial charge in [0.15, 0.2) is 0 Å². The largest absolute Gasteiger partial charge is 0.497 e. The van der Waals surface area contributed by atoms with Crippen molar-refractivity contribution < 1.29 is 9.13 Å². The Morgan fingerprint density at radius 3 is 2.88 bits per heavy atom. The number of methoxy groups -OCH3 is 1. The van der Waals surface area contributed by atoms with Crippen molar-refractivity contribution in [1.29, 1.82) is 0 Å². The molecule has 1 saturated heterocycles. The van der Waals surface area contributed by atoms with E-state index in [9.17, 15) is 4.39 Å². The average molecular weight is 341 g/mol. The highest BCUT2D eigenvalue weighted by atomic mass is 32.1. The molecule has 2 heterocycles. The fourth-order valence-electron chi connectivity index (χ4n) is 3.36. The van der Waals surface area contributed by atoms with Crippen LogP contribution >= 0.6 is 11.5 Å². The molecule has 5 heteroatoms. The van der Waals surface area contributed by atoms with Gasteiger partial charge in [-0.2, -0.15) is 4.37 Å². The summed E-state index contributed by atoms with van der Waals surface area (Å²) in [6, 6.07) is 14.1. The van der Waals surface area contributed by atoms with Gasteiger partial charge in [0, 0.05) is 42.2 Å². The van der Waals surface area contributed by atoms with Gasteiger partial charge in [-0.25, -0.2) is 4.39 Å². The Morgan fingerprint density at radius 2 is 2.08 bits per heavy atom. The minimum Gasteiger partial charge on any atom is -0.497 e. The Balaban J connectivity index is 1.51. The first-order valence-electron chi connectivity index (χ1n) is 8.10. The molecule has 3 nitrogen and oxygen atoms in total. The summed E-state index contributed by atoms with van der Waals surface area (Å²) in [4.78, 5) is 2.34. The average Bonchev–Trinajstić information content (AvgIpc) is 3.05. The number of nitrogens with zero attached hydrogens (tertiary/aromatic N) is 2. The van der Waals surface area contributed by atoms with Gasteiger partial charge in [-0.3, -0.25) is 0 Å². The Bertz CT molecular complexity index is 855. The number of hydrogen-bond donors (Lipinski definition) is 0.